The van der Waals surface area contributed by atoms with Crippen LogP contribution in [0.2, 0.25) is 5.02 Å². The number of ether oxygens (including phenoxy) is 2. The molecule has 30 heavy (non-hydrogen) atoms. The maximum Gasteiger partial charge on any atom is 0.257 e. The Balaban J connectivity index is 1.46. The number of thioether (sulfide) groups is 1. The summed E-state index contributed by atoms with van der Waals surface area (Å²) >= 11 is 7.40. The van der Waals surface area contributed by atoms with E-state index in [0.717, 1.165) is 11.1 Å². The number of anilines is 1. The van der Waals surface area contributed by atoms with E-state index in [1.807, 2.05) is 30.3 Å². The fraction of sp³-hybridized carbons (Fsp3) is 0.190. The second kappa shape index (κ2) is 7.70. The molecule has 1 aromatic heterocycles. The quantitative estimate of drug-likeness (QED) is 0.471. The number of halogens is 1. The van der Waals surface area contributed by atoms with Gasteiger partial charge >= 0.3 is 0 Å². The van der Waals surface area contributed by atoms with E-state index >= 15 is 0 Å². The lowest BCUT2D eigenvalue weighted by atomic mass is 9.86. The first-order chi connectivity index (χ1) is 14.6. The van der Waals surface area contributed by atoms with Crippen LogP contribution in [0.4, 0.5) is 5.82 Å². The number of carbonyl (C=O) groups is 1. The van der Waals surface area contributed by atoms with Crippen molar-refractivity contribution >= 4 is 35.1 Å². The minimum atomic E-state index is -0.411. The molecule has 1 atom stereocenters. The van der Waals surface area contributed by atoms with Crippen LogP contribution in [0.15, 0.2) is 52.4 Å². The molecule has 2 aliphatic heterocycles. The molecule has 9 heteroatoms. The molecule has 5 rings (SSSR count). The molecule has 0 saturated heterocycles. The number of rotatable bonds is 4. The normalized spacial score (nSPS) is 16.8. The van der Waals surface area contributed by atoms with Crippen LogP contribution in [0.5, 0.6) is 11.5 Å². The Bertz CT molecular complexity index is 1210. The summed E-state index contributed by atoms with van der Waals surface area (Å²) in [5.41, 5.74) is 1.99. The number of aromatic amines is 1. The third kappa shape index (κ3) is 3.64. The number of nitrogens with one attached hydrogen (secondary N) is 2. The van der Waals surface area contributed by atoms with Gasteiger partial charge in [-0.3, -0.25) is 9.59 Å². The number of nitrogens with zero attached hydrogens (tertiary/aromatic N) is 1. The second-order valence-corrected chi connectivity index (χ2v) is 8.37. The lowest BCUT2D eigenvalue weighted by Crippen LogP contribution is -2.31. The van der Waals surface area contributed by atoms with Gasteiger partial charge in [0.25, 0.3) is 5.56 Å². The van der Waals surface area contributed by atoms with Gasteiger partial charge in [0.2, 0.25) is 12.7 Å². The van der Waals surface area contributed by atoms with E-state index in [-0.39, 0.29) is 24.7 Å². The Hall–Kier alpha value is -2.97. The first kappa shape index (κ1) is 19.0. The van der Waals surface area contributed by atoms with Crippen LogP contribution in [0.3, 0.4) is 0 Å². The third-order valence-corrected chi connectivity index (χ3v) is 6.17. The Morgan fingerprint density at radius 2 is 2.00 bits per heavy atom. The molecule has 152 valence electrons. The average Bonchev–Trinajstić information content (AvgIpc) is 3.19. The molecule has 0 saturated carbocycles. The van der Waals surface area contributed by atoms with Crippen molar-refractivity contribution in [1.82, 2.24) is 9.97 Å². The van der Waals surface area contributed by atoms with Crippen LogP contribution in [0.25, 0.3) is 0 Å². The molecular formula is C21H16ClN3O4S. The number of hydrogen-bond acceptors (Lipinski definition) is 6. The zero-order valence-electron chi connectivity index (χ0n) is 15.6. The lowest BCUT2D eigenvalue weighted by Gasteiger charge is -2.24. The molecule has 0 aliphatic carbocycles. The highest BCUT2D eigenvalue weighted by molar-refractivity contribution is 7.98. The van der Waals surface area contributed by atoms with Gasteiger partial charge in [-0.15, -0.1) is 0 Å². The smallest absolute Gasteiger partial charge is 0.257 e. The maximum absolute atomic E-state index is 12.9. The van der Waals surface area contributed by atoms with Crippen LogP contribution in [0, 0.1) is 0 Å². The summed E-state index contributed by atoms with van der Waals surface area (Å²) in [7, 11) is 0. The number of hydrogen-bond donors (Lipinski definition) is 2. The number of H-pyrrole nitrogens is 1. The van der Waals surface area contributed by atoms with Gasteiger partial charge in [-0.1, -0.05) is 41.6 Å². The summed E-state index contributed by atoms with van der Waals surface area (Å²) in [5, 5.41) is 3.83. The molecule has 0 unspecified atom stereocenters. The van der Waals surface area contributed by atoms with Crippen molar-refractivity contribution in [3.63, 3.8) is 0 Å². The zero-order valence-corrected chi connectivity index (χ0v) is 17.2. The topological polar surface area (TPSA) is 93.3 Å². The highest BCUT2D eigenvalue weighted by Crippen LogP contribution is 2.40. The van der Waals surface area contributed by atoms with Crippen LogP contribution < -0.4 is 20.3 Å². The number of benzene rings is 2. The van der Waals surface area contributed by atoms with Crippen molar-refractivity contribution in [3.8, 4) is 11.5 Å². The van der Waals surface area contributed by atoms with Crippen molar-refractivity contribution in [2.75, 3.05) is 12.1 Å². The van der Waals surface area contributed by atoms with E-state index in [1.165, 1.54) is 11.8 Å². The largest absolute Gasteiger partial charge is 0.454 e. The molecule has 0 spiro atoms. The fourth-order valence-electron chi connectivity index (χ4n) is 3.61. The van der Waals surface area contributed by atoms with E-state index in [2.05, 4.69) is 15.3 Å². The Morgan fingerprint density at radius 1 is 1.13 bits per heavy atom. The molecule has 2 aromatic carbocycles. The Labute approximate surface area is 180 Å². The van der Waals surface area contributed by atoms with Gasteiger partial charge in [0, 0.05) is 23.1 Å². The maximum atomic E-state index is 12.9. The first-order valence-corrected chi connectivity index (χ1v) is 10.6. The molecule has 2 aliphatic rings. The average molecular weight is 442 g/mol. The van der Waals surface area contributed by atoms with E-state index in [0.29, 0.717) is 38.8 Å². The third-order valence-electron chi connectivity index (χ3n) is 4.99. The molecule has 1 amide bonds. The summed E-state index contributed by atoms with van der Waals surface area (Å²) in [6.07, 6.45) is 0.159. The van der Waals surface area contributed by atoms with Crippen LogP contribution >= 0.6 is 23.4 Å². The van der Waals surface area contributed by atoms with Crippen LogP contribution in [-0.2, 0) is 10.5 Å². The van der Waals surface area contributed by atoms with Gasteiger partial charge in [-0.05, 0) is 35.4 Å². The van der Waals surface area contributed by atoms with E-state index in [9.17, 15) is 9.59 Å². The van der Waals surface area contributed by atoms with Crippen molar-refractivity contribution in [2.24, 2.45) is 0 Å². The molecule has 2 N–H and O–H groups in total. The number of fused-ring (bicyclic) bond motifs is 2. The summed E-state index contributed by atoms with van der Waals surface area (Å²) < 4.78 is 10.8. The van der Waals surface area contributed by atoms with Crippen molar-refractivity contribution in [3.05, 3.63) is 74.5 Å². The van der Waals surface area contributed by atoms with Gasteiger partial charge in [-0.2, -0.15) is 0 Å². The lowest BCUT2D eigenvalue weighted by molar-refractivity contribution is -0.116. The summed E-state index contributed by atoms with van der Waals surface area (Å²) in [6, 6.07) is 13.0. The van der Waals surface area contributed by atoms with E-state index < -0.39 is 5.92 Å². The monoisotopic (exact) mass is 441 g/mol. The second-order valence-electron chi connectivity index (χ2n) is 6.97. The van der Waals surface area contributed by atoms with E-state index in [4.69, 9.17) is 21.1 Å². The zero-order chi connectivity index (χ0) is 20.7. The number of carbonyl (C=O) groups excluding carboxylic acids is 1. The molecule has 3 aromatic rings. The molecule has 0 fully saturated rings. The molecular weight excluding hydrogens is 426 g/mol. The van der Waals surface area contributed by atoms with Gasteiger partial charge in [0.05, 0.1) is 5.56 Å². The minimum absolute atomic E-state index is 0.159. The minimum Gasteiger partial charge on any atom is -0.454 e. The van der Waals surface area contributed by atoms with Gasteiger partial charge in [-0.25, -0.2) is 4.98 Å². The number of aromatic nitrogens is 2. The predicted octanol–water partition coefficient (Wildman–Crippen LogP) is 3.92. The molecule has 0 radical (unpaired) electrons. The predicted molar refractivity (Wildman–Crippen MR) is 114 cm³/mol. The Kier molecular flexibility index (Phi) is 4.88. The summed E-state index contributed by atoms with van der Waals surface area (Å²) in [4.78, 5) is 32.6. The SMILES string of the molecule is O=C1C[C@H](c2ccc3c(c2)OCO3)c2c(nc(SCc3cccc(Cl)c3)[nH]c2=O)N1. The number of amides is 1. The molecule has 7 nitrogen and oxygen atoms in total. The van der Waals surface area contributed by atoms with Gasteiger partial charge < -0.3 is 19.8 Å². The van der Waals surface area contributed by atoms with Crippen LogP contribution in [-0.4, -0.2) is 22.7 Å². The standard InChI is InChI=1S/C21H16ClN3O4S/c22-13-3-1-2-11(6-13)9-30-21-24-19-18(20(27)25-21)14(8-17(26)23-19)12-4-5-15-16(7-12)29-10-28-15/h1-7,14H,8-10H2,(H2,23,24,25,26,27)/t14-/m1/s1. The highest BCUT2D eigenvalue weighted by Gasteiger charge is 2.32. The molecule has 3 heterocycles. The fourth-order valence-corrected chi connectivity index (χ4v) is 4.63. The molecule has 0 bridgehead atoms. The van der Waals surface area contributed by atoms with E-state index in [1.54, 1.807) is 12.1 Å². The summed E-state index contributed by atoms with van der Waals surface area (Å²) in [6.45, 7) is 0.163. The highest BCUT2D eigenvalue weighted by atomic mass is 35.5. The van der Waals surface area contributed by atoms with Crippen LogP contribution in [0.1, 0.15) is 29.0 Å². The summed E-state index contributed by atoms with van der Waals surface area (Å²) in [5.74, 6) is 1.55. The van der Waals surface area contributed by atoms with Gasteiger partial charge in [0.15, 0.2) is 16.7 Å². The first-order valence-electron chi connectivity index (χ1n) is 9.27. The van der Waals surface area contributed by atoms with Crippen molar-refractivity contribution in [1.29, 1.82) is 0 Å². The van der Waals surface area contributed by atoms with Gasteiger partial charge in [0.1, 0.15) is 5.82 Å². The Morgan fingerprint density at radius 3 is 2.87 bits per heavy atom. The van der Waals surface area contributed by atoms with Crippen molar-refractivity contribution in [2.45, 2.75) is 23.2 Å². The van der Waals surface area contributed by atoms with Crippen molar-refractivity contribution < 1.29 is 14.3 Å².